The molecule has 3 rings (SSSR count). The van der Waals surface area contributed by atoms with Crippen molar-refractivity contribution < 1.29 is 18.4 Å². The fourth-order valence-corrected chi connectivity index (χ4v) is 3.13. The Labute approximate surface area is 169 Å². The van der Waals surface area contributed by atoms with Crippen LogP contribution in [-0.2, 0) is 23.1 Å². The number of anilines is 2. The maximum atomic E-state index is 13.6. The summed E-state index contributed by atoms with van der Waals surface area (Å²) in [5, 5.41) is 13.3. The van der Waals surface area contributed by atoms with Crippen molar-refractivity contribution in [3.8, 4) is 0 Å². The number of rotatable bonds is 7. The predicted molar refractivity (Wildman–Crippen MR) is 105 cm³/mol. The standard InChI is InChI=1S/C19H17F2N5O2S/c1-26-16(10-17(27)22-14-8-4-2-6-12(14)20)24-25-19(26)29-11-18(28)23-15-9-5-3-7-13(15)21/h2-9H,10-11H2,1H3,(H,22,27)(H,23,28). The number of amides is 2. The van der Waals surface area contributed by atoms with Crippen molar-refractivity contribution in [2.45, 2.75) is 11.6 Å². The van der Waals surface area contributed by atoms with E-state index in [1.807, 2.05) is 0 Å². The van der Waals surface area contributed by atoms with Crippen molar-refractivity contribution in [1.82, 2.24) is 14.8 Å². The molecule has 0 atom stereocenters. The zero-order valence-corrected chi connectivity index (χ0v) is 16.2. The Morgan fingerprint density at radius 3 is 2.07 bits per heavy atom. The first-order chi connectivity index (χ1) is 13.9. The van der Waals surface area contributed by atoms with Crippen LogP contribution in [-0.4, -0.2) is 32.3 Å². The van der Waals surface area contributed by atoms with E-state index in [2.05, 4.69) is 20.8 Å². The summed E-state index contributed by atoms with van der Waals surface area (Å²) in [5.74, 6) is -1.55. The summed E-state index contributed by atoms with van der Waals surface area (Å²) in [4.78, 5) is 24.1. The van der Waals surface area contributed by atoms with Crippen LogP contribution in [0, 0.1) is 11.6 Å². The third kappa shape index (κ3) is 5.38. The van der Waals surface area contributed by atoms with Gasteiger partial charge in [-0.05, 0) is 24.3 Å². The largest absolute Gasteiger partial charge is 0.323 e. The van der Waals surface area contributed by atoms with Crippen molar-refractivity contribution in [1.29, 1.82) is 0 Å². The quantitative estimate of drug-likeness (QED) is 0.577. The molecule has 0 spiro atoms. The van der Waals surface area contributed by atoms with E-state index in [-0.39, 0.29) is 23.5 Å². The number of para-hydroxylation sites is 2. The Bertz CT molecular complexity index is 1040. The smallest absolute Gasteiger partial charge is 0.234 e. The minimum atomic E-state index is -0.532. The molecule has 0 saturated heterocycles. The van der Waals surface area contributed by atoms with Crippen molar-refractivity contribution in [3.05, 3.63) is 66.0 Å². The number of nitrogens with one attached hydrogen (secondary N) is 2. The van der Waals surface area contributed by atoms with Gasteiger partial charge in [-0.2, -0.15) is 0 Å². The number of nitrogens with zero attached hydrogens (tertiary/aromatic N) is 3. The van der Waals surface area contributed by atoms with E-state index in [4.69, 9.17) is 0 Å². The molecule has 0 unspecified atom stereocenters. The van der Waals surface area contributed by atoms with Crippen molar-refractivity contribution in [2.75, 3.05) is 16.4 Å². The monoisotopic (exact) mass is 417 g/mol. The lowest BCUT2D eigenvalue weighted by Crippen LogP contribution is -2.18. The van der Waals surface area contributed by atoms with Crippen LogP contribution in [0.4, 0.5) is 20.2 Å². The molecule has 150 valence electrons. The van der Waals surface area contributed by atoms with Crippen molar-refractivity contribution >= 4 is 35.0 Å². The molecule has 2 aromatic carbocycles. The third-order valence-corrected chi connectivity index (χ3v) is 4.89. The topological polar surface area (TPSA) is 88.9 Å². The molecule has 0 aliphatic carbocycles. The van der Waals surface area contributed by atoms with Gasteiger partial charge in [0.1, 0.15) is 17.5 Å². The number of benzene rings is 2. The molecule has 0 radical (unpaired) electrons. The number of carbonyl (C=O) groups excluding carboxylic acids is 2. The van der Waals surface area contributed by atoms with Gasteiger partial charge in [0.05, 0.1) is 23.5 Å². The highest BCUT2D eigenvalue weighted by Gasteiger charge is 2.16. The molecule has 0 aliphatic rings. The number of hydrogen-bond acceptors (Lipinski definition) is 5. The van der Waals surface area contributed by atoms with Gasteiger partial charge in [0.2, 0.25) is 11.8 Å². The van der Waals surface area contributed by atoms with Gasteiger partial charge in [-0.1, -0.05) is 36.0 Å². The van der Waals surface area contributed by atoms with Crippen LogP contribution in [0.5, 0.6) is 0 Å². The molecule has 29 heavy (non-hydrogen) atoms. The minimum absolute atomic E-state index is 0.0122. The molecule has 10 heteroatoms. The van der Waals surface area contributed by atoms with Gasteiger partial charge in [0, 0.05) is 7.05 Å². The van der Waals surface area contributed by atoms with Crippen LogP contribution < -0.4 is 10.6 Å². The van der Waals surface area contributed by atoms with Gasteiger partial charge < -0.3 is 15.2 Å². The summed E-state index contributed by atoms with van der Waals surface area (Å²) >= 11 is 1.10. The minimum Gasteiger partial charge on any atom is -0.323 e. The molecule has 0 aliphatic heterocycles. The molecule has 0 fully saturated rings. The molecule has 2 N–H and O–H groups in total. The number of aromatic nitrogens is 3. The predicted octanol–water partition coefficient (Wildman–Crippen LogP) is 3.01. The zero-order valence-electron chi connectivity index (χ0n) is 15.4. The molecule has 0 bridgehead atoms. The zero-order chi connectivity index (χ0) is 20.8. The van der Waals surface area contributed by atoms with E-state index >= 15 is 0 Å². The Morgan fingerprint density at radius 1 is 0.931 bits per heavy atom. The maximum absolute atomic E-state index is 13.6. The highest BCUT2D eigenvalue weighted by molar-refractivity contribution is 7.99. The van der Waals surface area contributed by atoms with Gasteiger partial charge in [0.15, 0.2) is 5.16 Å². The number of halogens is 2. The summed E-state index contributed by atoms with van der Waals surface area (Å²) in [6.45, 7) is 0. The van der Waals surface area contributed by atoms with E-state index in [1.54, 1.807) is 23.7 Å². The van der Waals surface area contributed by atoms with E-state index in [0.717, 1.165) is 11.8 Å². The van der Waals surface area contributed by atoms with Gasteiger partial charge in [0.25, 0.3) is 0 Å². The number of thioether (sulfide) groups is 1. The van der Waals surface area contributed by atoms with Crippen LogP contribution in [0.25, 0.3) is 0 Å². The second kappa shape index (κ2) is 9.28. The lowest BCUT2D eigenvalue weighted by molar-refractivity contribution is -0.116. The van der Waals surface area contributed by atoms with Gasteiger partial charge in [-0.15, -0.1) is 10.2 Å². The molecular formula is C19H17F2N5O2S. The van der Waals surface area contributed by atoms with Gasteiger partial charge in [-0.3, -0.25) is 9.59 Å². The van der Waals surface area contributed by atoms with Crippen LogP contribution in [0.2, 0.25) is 0 Å². The summed E-state index contributed by atoms with van der Waals surface area (Å²) < 4.78 is 28.8. The average Bonchev–Trinajstić information content (AvgIpc) is 3.03. The molecule has 7 nitrogen and oxygen atoms in total. The number of carbonyl (C=O) groups is 2. The summed E-state index contributed by atoms with van der Waals surface area (Å²) in [6, 6.07) is 11.7. The lowest BCUT2D eigenvalue weighted by atomic mass is 10.3. The molecule has 1 heterocycles. The maximum Gasteiger partial charge on any atom is 0.234 e. The fourth-order valence-electron chi connectivity index (χ4n) is 2.40. The van der Waals surface area contributed by atoms with E-state index in [9.17, 15) is 18.4 Å². The normalized spacial score (nSPS) is 10.6. The first-order valence-electron chi connectivity index (χ1n) is 8.54. The molecule has 3 aromatic rings. The van der Waals surface area contributed by atoms with Crippen molar-refractivity contribution in [3.63, 3.8) is 0 Å². The second-order valence-electron chi connectivity index (χ2n) is 5.98. The van der Waals surface area contributed by atoms with Gasteiger partial charge in [-0.25, -0.2) is 8.78 Å². The molecular weight excluding hydrogens is 400 g/mol. The van der Waals surface area contributed by atoms with Crippen molar-refractivity contribution in [2.24, 2.45) is 7.05 Å². The summed E-state index contributed by atoms with van der Waals surface area (Å²) in [5.41, 5.74) is 0.181. The van der Waals surface area contributed by atoms with E-state index < -0.39 is 23.4 Å². The molecule has 2 amide bonds. The Kier molecular flexibility index (Phi) is 6.55. The molecule has 1 aromatic heterocycles. The van der Waals surface area contributed by atoms with E-state index in [0.29, 0.717) is 11.0 Å². The summed E-state index contributed by atoms with van der Waals surface area (Å²) in [7, 11) is 1.66. The highest BCUT2D eigenvalue weighted by Crippen LogP contribution is 2.18. The van der Waals surface area contributed by atoms with Gasteiger partial charge >= 0.3 is 0 Å². The fraction of sp³-hybridized carbons (Fsp3) is 0.158. The van der Waals surface area contributed by atoms with E-state index in [1.165, 1.54) is 36.4 Å². The second-order valence-corrected chi connectivity index (χ2v) is 6.92. The average molecular weight is 417 g/mol. The first-order valence-corrected chi connectivity index (χ1v) is 9.52. The number of hydrogen-bond donors (Lipinski definition) is 2. The Morgan fingerprint density at radius 2 is 1.48 bits per heavy atom. The SMILES string of the molecule is Cn1c(CC(=O)Nc2ccccc2F)nnc1SCC(=O)Nc1ccccc1F. The summed E-state index contributed by atoms with van der Waals surface area (Å²) in [6.07, 6.45) is -0.111. The highest BCUT2D eigenvalue weighted by atomic mass is 32.2. The Balaban J connectivity index is 1.55. The first kappa shape index (κ1) is 20.5. The molecule has 0 saturated carbocycles. The lowest BCUT2D eigenvalue weighted by Gasteiger charge is -2.07. The Hall–Kier alpha value is -3.27. The van der Waals surface area contributed by atoms with Crippen LogP contribution in [0.3, 0.4) is 0 Å². The van der Waals surface area contributed by atoms with Crippen LogP contribution >= 0.6 is 11.8 Å². The van der Waals surface area contributed by atoms with Crippen LogP contribution in [0.1, 0.15) is 5.82 Å². The van der Waals surface area contributed by atoms with Crippen LogP contribution in [0.15, 0.2) is 53.7 Å². The third-order valence-electron chi connectivity index (χ3n) is 3.87.